The van der Waals surface area contributed by atoms with E-state index in [-0.39, 0.29) is 11.9 Å². The molecule has 1 atom stereocenters. The number of piperazine rings is 1. The van der Waals surface area contributed by atoms with Crippen LogP contribution in [0, 0.1) is 11.3 Å². The van der Waals surface area contributed by atoms with Gasteiger partial charge < -0.3 is 4.90 Å². The lowest BCUT2D eigenvalue weighted by atomic mass is 10.1. The van der Waals surface area contributed by atoms with Crippen molar-refractivity contribution in [3.63, 3.8) is 0 Å². The minimum absolute atomic E-state index is 0.00320. The zero-order valence-corrected chi connectivity index (χ0v) is 13.0. The Morgan fingerprint density at radius 2 is 2.15 bits per heavy atom. The van der Waals surface area contributed by atoms with Crippen molar-refractivity contribution in [2.75, 3.05) is 26.2 Å². The van der Waals surface area contributed by atoms with Gasteiger partial charge in [0.2, 0.25) is 0 Å². The molecule has 5 nitrogen and oxygen atoms in total. The van der Waals surface area contributed by atoms with Gasteiger partial charge in [-0.3, -0.25) is 14.7 Å². The normalized spacial score (nSPS) is 17.6. The number of nitriles is 1. The fourth-order valence-corrected chi connectivity index (χ4v) is 2.74. The second-order valence-corrected chi connectivity index (χ2v) is 5.69. The summed E-state index contributed by atoms with van der Waals surface area (Å²) in [6.07, 6.45) is 4.07. The van der Waals surface area contributed by atoms with Crippen LogP contribution in [-0.4, -0.2) is 52.9 Å². The zero-order chi connectivity index (χ0) is 14.5. The number of halogens is 1. The summed E-state index contributed by atoms with van der Waals surface area (Å²) in [6.45, 7) is 4.82. The largest absolute Gasteiger partial charge is 0.336 e. The number of rotatable bonds is 3. The molecule has 106 valence electrons. The summed E-state index contributed by atoms with van der Waals surface area (Å²) in [5.41, 5.74) is 0.597. The molecule has 0 spiro atoms. The van der Waals surface area contributed by atoms with Gasteiger partial charge >= 0.3 is 0 Å². The van der Waals surface area contributed by atoms with Gasteiger partial charge in [0, 0.05) is 43.0 Å². The smallest absolute Gasteiger partial charge is 0.255 e. The number of carbonyl (C=O) groups is 1. The van der Waals surface area contributed by atoms with E-state index in [9.17, 15) is 4.79 Å². The quantitative estimate of drug-likeness (QED) is 0.845. The van der Waals surface area contributed by atoms with Gasteiger partial charge in [-0.1, -0.05) is 6.92 Å². The minimum Gasteiger partial charge on any atom is -0.336 e. The molecule has 20 heavy (non-hydrogen) atoms. The topological polar surface area (TPSA) is 60.2 Å². The van der Waals surface area contributed by atoms with Crippen molar-refractivity contribution < 1.29 is 4.79 Å². The van der Waals surface area contributed by atoms with Crippen molar-refractivity contribution in [2.24, 2.45) is 0 Å². The van der Waals surface area contributed by atoms with Gasteiger partial charge in [0.15, 0.2) is 0 Å². The molecule has 1 aromatic heterocycles. The van der Waals surface area contributed by atoms with Gasteiger partial charge in [-0.2, -0.15) is 5.26 Å². The van der Waals surface area contributed by atoms with Gasteiger partial charge in [-0.25, -0.2) is 0 Å². The van der Waals surface area contributed by atoms with E-state index in [0.717, 1.165) is 24.0 Å². The first kappa shape index (κ1) is 14.9. The highest BCUT2D eigenvalue weighted by Gasteiger charge is 2.25. The van der Waals surface area contributed by atoms with E-state index < -0.39 is 0 Å². The second kappa shape index (κ2) is 6.82. The van der Waals surface area contributed by atoms with Gasteiger partial charge in [-0.05, 0) is 28.4 Å². The number of hydrogen-bond donors (Lipinski definition) is 0. The van der Waals surface area contributed by atoms with Crippen molar-refractivity contribution in [2.45, 2.75) is 19.4 Å². The van der Waals surface area contributed by atoms with E-state index in [1.807, 2.05) is 11.8 Å². The number of amides is 1. The molecule has 0 N–H and O–H groups in total. The molecule has 2 heterocycles. The third-order valence-corrected chi connectivity index (χ3v) is 3.96. The first-order chi connectivity index (χ1) is 9.65. The summed E-state index contributed by atoms with van der Waals surface area (Å²) in [4.78, 5) is 20.3. The molecule has 0 bridgehead atoms. The summed E-state index contributed by atoms with van der Waals surface area (Å²) in [7, 11) is 0. The summed E-state index contributed by atoms with van der Waals surface area (Å²) in [6, 6.07) is 4.05. The van der Waals surface area contributed by atoms with Crippen LogP contribution in [-0.2, 0) is 0 Å². The molecule has 1 aromatic rings. The summed E-state index contributed by atoms with van der Waals surface area (Å²) < 4.78 is 0.803. The molecule has 2 rings (SSSR count). The molecule has 0 radical (unpaired) electrons. The first-order valence-corrected chi connectivity index (χ1v) is 7.48. The van der Waals surface area contributed by atoms with E-state index >= 15 is 0 Å². The van der Waals surface area contributed by atoms with Gasteiger partial charge in [0.25, 0.3) is 5.91 Å². The zero-order valence-electron chi connectivity index (χ0n) is 11.4. The third kappa shape index (κ3) is 3.35. The van der Waals surface area contributed by atoms with E-state index in [1.165, 1.54) is 0 Å². The Labute approximate surface area is 127 Å². The molecule has 1 aliphatic heterocycles. The van der Waals surface area contributed by atoms with E-state index in [1.54, 1.807) is 18.5 Å². The van der Waals surface area contributed by atoms with E-state index in [0.29, 0.717) is 18.7 Å². The van der Waals surface area contributed by atoms with Crippen LogP contribution in [0.3, 0.4) is 0 Å². The Morgan fingerprint density at radius 3 is 2.70 bits per heavy atom. The molecular formula is C14H17BrN4O. The highest BCUT2D eigenvalue weighted by Crippen LogP contribution is 2.14. The molecule has 1 unspecified atom stereocenters. The molecule has 1 fully saturated rings. The van der Waals surface area contributed by atoms with Crippen LogP contribution < -0.4 is 0 Å². The number of nitrogens with zero attached hydrogens (tertiary/aromatic N) is 4. The molecule has 1 amide bonds. The molecular weight excluding hydrogens is 320 g/mol. The van der Waals surface area contributed by atoms with Crippen LogP contribution in [0.25, 0.3) is 0 Å². The number of aromatic nitrogens is 1. The third-order valence-electron chi connectivity index (χ3n) is 3.53. The average Bonchev–Trinajstić information content (AvgIpc) is 2.48. The van der Waals surface area contributed by atoms with Crippen LogP contribution in [0.4, 0.5) is 0 Å². The minimum atomic E-state index is -0.0419. The monoisotopic (exact) mass is 336 g/mol. The van der Waals surface area contributed by atoms with Crippen LogP contribution >= 0.6 is 15.9 Å². The summed E-state index contributed by atoms with van der Waals surface area (Å²) in [5.74, 6) is 0.00320. The van der Waals surface area contributed by atoms with Crippen molar-refractivity contribution in [3.8, 4) is 6.07 Å². The maximum Gasteiger partial charge on any atom is 0.255 e. The van der Waals surface area contributed by atoms with Crippen LogP contribution in [0.15, 0.2) is 22.9 Å². The molecule has 0 aromatic carbocycles. The molecule has 0 aliphatic carbocycles. The Balaban J connectivity index is 1.97. The van der Waals surface area contributed by atoms with Crippen molar-refractivity contribution in [1.82, 2.24) is 14.8 Å². The Bertz CT molecular complexity index is 520. The van der Waals surface area contributed by atoms with Crippen LogP contribution in [0.1, 0.15) is 23.7 Å². The Kier molecular flexibility index (Phi) is 5.10. The highest BCUT2D eigenvalue weighted by molar-refractivity contribution is 9.10. The highest BCUT2D eigenvalue weighted by atomic mass is 79.9. The number of carbonyl (C=O) groups excluding carboxylic acids is 1. The van der Waals surface area contributed by atoms with Gasteiger partial charge in [0.05, 0.1) is 17.7 Å². The van der Waals surface area contributed by atoms with Gasteiger partial charge in [0.1, 0.15) is 0 Å². The first-order valence-electron chi connectivity index (χ1n) is 6.69. The Hall–Kier alpha value is -1.45. The SMILES string of the molecule is CCC(C#N)N1CCN(C(=O)c2cncc(Br)c2)CC1. The Morgan fingerprint density at radius 1 is 1.45 bits per heavy atom. The maximum atomic E-state index is 12.3. The summed E-state index contributed by atoms with van der Waals surface area (Å²) >= 11 is 3.32. The lowest BCUT2D eigenvalue weighted by Crippen LogP contribution is -2.51. The van der Waals surface area contributed by atoms with Crippen molar-refractivity contribution in [3.05, 3.63) is 28.5 Å². The van der Waals surface area contributed by atoms with E-state index in [2.05, 4.69) is 31.9 Å². The van der Waals surface area contributed by atoms with Crippen molar-refractivity contribution >= 4 is 21.8 Å². The average molecular weight is 337 g/mol. The molecule has 6 heteroatoms. The number of pyridine rings is 1. The predicted octanol–water partition coefficient (Wildman–Crippen LogP) is 1.90. The fourth-order valence-electron chi connectivity index (χ4n) is 2.38. The van der Waals surface area contributed by atoms with E-state index in [4.69, 9.17) is 5.26 Å². The lowest BCUT2D eigenvalue weighted by molar-refractivity contribution is 0.0604. The molecule has 0 saturated carbocycles. The van der Waals surface area contributed by atoms with Crippen LogP contribution in [0.5, 0.6) is 0 Å². The standard InChI is InChI=1S/C14H17BrN4O/c1-2-13(8-16)18-3-5-19(6-4-18)14(20)11-7-12(15)10-17-9-11/h7,9-10,13H,2-6H2,1H3. The molecule has 1 saturated heterocycles. The van der Waals surface area contributed by atoms with Gasteiger partial charge in [-0.15, -0.1) is 0 Å². The fraction of sp³-hybridized carbons (Fsp3) is 0.500. The molecule has 1 aliphatic rings. The maximum absolute atomic E-state index is 12.3. The lowest BCUT2D eigenvalue weighted by Gasteiger charge is -2.36. The van der Waals surface area contributed by atoms with Crippen molar-refractivity contribution in [1.29, 1.82) is 5.26 Å². The number of hydrogen-bond acceptors (Lipinski definition) is 4. The predicted molar refractivity (Wildman–Crippen MR) is 79.1 cm³/mol. The second-order valence-electron chi connectivity index (χ2n) is 4.77. The summed E-state index contributed by atoms with van der Waals surface area (Å²) in [5, 5.41) is 9.08. The van der Waals surface area contributed by atoms with Crippen LogP contribution in [0.2, 0.25) is 0 Å².